The minimum Gasteiger partial charge on any atom is -0.496 e. The summed E-state index contributed by atoms with van der Waals surface area (Å²) >= 11 is 0. The monoisotopic (exact) mass is 727 g/mol. The van der Waals surface area contributed by atoms with Gasteiger partial charge in [-0.3, -0.25) is 14.5 Å². The topological polar surface area (TPSA) is 95.9 Å². The van der Waals surface area contributed by atoms with Gasteiger partial charge < -0.3 is 29.6 Å². The van der Waals surface area contributed by atoms with Crippen LogP contribution in [0, 0.1) is 17.6 Å². The van der Waals surface area contributed by atoms with Crippen LogP contribution in [0.3, 0.4) is 0 Å². The molecule has 2 saturated heterocycles. The molecule has 4 aromatic rings. The zero-order chi connectivity index (χ0) is 37.5. The van der Waals surface area contributed by atoms with Crippen LogP contribution in [0.5, 0.6) is 5.75 Å². The maximum atomic E-state index is 15.8. The lowest BCUT2D eigenvalue weighted by Crippen LogP contribution is -2.37. The molecule has 11 heteroatoms. The Kier molecular flexibility index (Phi) is 12.6. The molecule has 3 aromatic carbocycles. The van der Waals surface area contributed by atoms with Crippen molar-refractivity contribution in [3.8, 4) is 16.9 Å². The standard InChI is InChI=1S/C42H51F2N5O4/c1-45-41(51)11-9-32(27-50)46-31-8-10-33(39(44)24-31)29-15-20-48(21-16-29)17-12-28-13-18-49(19-14-28)26-37-38(43)22-30(23-40(37)53-3)36-25-47(2)42(52)35-7-5-4-6-34(35)36/h4-8,10,22-25,27-29,32,46H,9,11-21,26H2,1-3H3,(H,45,51). The Labute approximate surface area is 310 Å². The maximum Gasteiger partial charge on any atom is 0.258 e. The highest BCUT2D eigenvalue weighted by molar-refractivity contribution is 5.96. The Morgan fingerprint density at radius 1 is 0.962 bits per heavy atom. The molecule has 1 unspecified atom stereocenters. The molecule has 282 valence electrons. The number of ether oxygens (including phenoxy) is 1. The predicted molar refractivity (Wildman–Crippen MR) is 205 cm³/mol. The maximum absolute atomic E-state index is 15.8. The van der Waals surface area contributed by atoms with Crippen molar-refractivity contribution in [3.05, 3.63) is 93.9 Å². The van der Waals surface area contributed by atoms with Crippen LogP contribution in [-0.2, 0) is 23.2 Å². The number of nitrogens with one attached hydrogen (secondary N) is 2. The van der Waals surface area contributed by atoms with E-state index in [1.807, 2.05) is 36.4 Å². The molecule has 2 aliphatic heterocycles. The van der Waals surface area contributed by atoms with Gasteiger partial charge in [-0.1, -0.05) is 24.3 Å². The molecular weight excluding hydrogens is 676 g/mol. The molecule has 3 heterocycles. The summed E-state index contributed by atoms with van der Waals surface area (Å²) in [6.07, 6.45) is 8.11. The van der Waals surface area contributed by atoms with Crippen LogP contribution < -0.4 is 20.9 Å². The number of anilines is 1. The quantitative estimate of drug-likeness (QED) is 0.144. The van der Waals surface area contributed by atoms with Gasteiger partial charge in [-0.2, -0.15) is 0 Å². The number of hydrogen-bond donors (Lipinski definition) is 2. The molecule has 1 atom stereocenters. The van der Waals surface area contributed by atoms with E-state index < -0.39 is 6.04 Å². The summed E-state index contributed by atoms with van der Waals surface area (Å²) in [4.78, 5) is 40.5. The number of piperidine rings is 2. The highest BCUT2D eigenvalue weighted by Gasteiger charge is 2.26. The Morgan fingerprint density at radius 2 is 1.68 bits per heavy atom. The largest absolute Gasteiger partial charge is 0.496 e. The van der Waals surface area contributed by atoms with E-state index in [1.54, 1.807) is 39.5 Å². The minimum atomic E-state index is -0.556. The van der Waals surface area contributed by atoms with Crippen LogP contribution in [-0.4, -0.2) is 79.5 Å². The van der Waals surface area contributed by atoms with Crippen molar-refractivity contribution in [1.29, 1.82) is 0 Å². The molecule has 0 aliphatic carbocycles. The lowest BCUT2D eigenvalue weighted by molar-refractivity contribution is -0.120. The molecule has 1 amide bonds. The Morgan fingerprint density at radius 3 is 2.36 bits per heavy atom. The zero-order valence-electron chi connectivity index (χ0n) is 31.0. The van der Waals surface area contributed by atoms with Crippen LogP contribution in [0.2, 0.25) is 0 Å². The molecule has 0 radical (unpaired) electrons. The molecule has 53 heavy (non-hydrogen) atoms. The summed E-state index contributed by atoms with van der Waals surface area (Å²) < 4.78 is 38.2. The van der Waals surface area contributed by atoms with Gasteiger partial charge in [0.2, 0.25) is 5.91 Å². The van der Waals surface area contributed by atoms with E-state index in [-0.39, 0.29) is 35.4 Å². The first-order valence-corrected chi connectivity index (χ1v) is 18.8. The second-order valence-electron chi connectivity index (χ2n) is 14.6. The summed E-state index contributed by atoms with van der Waals surface area (Å²) in [5.41, 5.74) is 3.19. The number of amides is 1. The number of carbonyl (C=O) groups is 2. The third-order valence-corrected chi connectivity index (χ3v) is 11.2. The van der Waals surface area contributed by atoms with Crippen LogP contribution in [0.1, 0.15) is 62.0 Å². The Bertz CT molecular complexity index is 1970. The number of rotatable bonds is 14. The fourth-order valence-corrected chi connectivity index (χ4v) is 7.99. The fraction of sp³-hybridized carbons (Fsp3) is 0.452. The highest BCUT2D eigenvalue weighted by Crippen LogP contribution is 2.35. The van der Waals surface area contributed by atoms with Crippen molar-refractivity contribution in [1.82, 2.24) is 19.7 Å². The van der Waals surface area contributed by atoms with Gasteiger partial charge in [-0.15, -0.1) is 0 Å². The summed E-state index contributed by atoms with van der Waals surface area (Å²) in [5, 5.41) is 6.97. The normalized spacial score (nSPS) is 16.8. The van der Waals surface area contributed by atoms with Crippen LogP contribution >= 0.6 is 0 Å². The van der Waals surface area contributed by atoms with Gasteiger partial charge in [-0.05, 0) is 130 Å². The number of carbonyl (C=O) groups excluding carboxylic acids is 2. The number of hydrogen-bond acceptors (Lipinski definition) is 7. The van der Waals surface area contributed by atoms with Crippen LogP contribution in [0.15, 0.2) is 65.6 Å². The van der Waals surface area contributed by atoms with Gasteiger partial charge in [0.15, 0.2) is 0 Å². The number of halogens is 2. The van der Waals surface area contributed by atoms with Gasteiger partial charge in [-0.25, -0.2) is 8.78 Å². The van der Waals surface area contributed by atoms with Gasteiger partial charge >= 0.3 is 0 Å². The predicted octanol–water partition coefficient (Wildman–Crippen LogP) is 6.48. The van der Waals surface area contributed by atoms with Crippen molar-refractivity contribution in [2.45, 2.75) is 63.5 Å². The number of nitrogens with zero attached hydrogens (tertiary/aromatic N) is 3. The molecular formula is C42H51F2N5O4. The molecule has 2 fully saturated rings. The average molecular weight is 728 g/mol. The Balaban J connectivity index is 0.967. The first-order chi connectivity index (χ1) is 25.7. The molecule has 2 aliphatic rings. The number of aldehydes is 1. The summed E-state index contributed by atoms with van der Waals surface area (Å²) in [5.74, 6) is 0.572. The number of aryl methyl sites for hydroxylation is 1. The van der Waals surface area contributed by atoms with Gasteiger partial charge in [0, 0.05) is 55.5 Å². The average Bonchev–Trinajstić information content (AvgIpc) is 3.18. The second kappa shape index (κ2) is 17.5. The number of benzene rings is 3. The molecule has 9 nitrogen and oxygen atoms in total. The van der Waals surface area contributed by atoms with Crippen LogP contribution in [0.4, 0.5) is 14.5 Å². The smallest absolute Gasteiger partial charge is 0.258 e. The number of pyridine rings is 1. The lowest BCUT2D eigenvalue weighted by Gasteiger charge is -2.35. The summed E-state index contributed by atoms with van der Waals surface area (Å²) in [7, 11) is 4.84. The van der Waals surface area contributed by atoms with Crippen molar-refractivity contribution < 1.29 is 23.1 Å². The highest BCUT2D eigenvalue weighted by atomic mass is 19.1. The van der Waals surface area contributed by atoms with Gasteiger partial charge in [0.05, 0.1) is 13.2 Å². The van der Waals surface area contributed by atoms with E-state index in [4.69, 9.17) is 4.74 Å². The van der Waals surface area contributed by atoms with Crippen molar-refractivity contribution in [2.24, 2.45) is 13.0 Å². The van der Waals surface area contributed by atoms with E-state index in [9.17, 15) is 14.4 Å². The molecule has 0 saturated carbocycles. The Hall–Kier alpha value is -4.61. The molecule has 6 rings (SSSR count). The van der Waals surface area contributed by atoms with E-state index in [1.165, 1.54) is 10.6 Å². The zero-order valence-corrected chi connectivity index (χ0v) is 31.0. The summed E-state index contributed by atoms with van der Waals surface area (Å²) in [6, 6.07) is 15.4. The van der Waals surface area contributed by atoms with Gasteiger partial charge in [0.1, 0.15) is 23.7 Å². The number of methoxy groups -OCH3 is 1. The van der Waals surface area contributed by atoms with E-state index in [2.05, 4.69) is 20.4 Å². The van der Waals surface area contributed by atoms with E-state index >= 15 is 8.78 Å². The number of likely N-dealkylation sites (tertiary alicyclic amines) is 2. The third kappa shape index (κ3) is 9.13. The van der Waals surface area contributed by atoms with Gasteiger partial charge in [0.25, 0.3) is 5.56 Å². The molecule has 2 N–H and O–H groups in total. The number of fused-ring (bicyclic) bond motifs is 1. The minimum absolute atomic E-state index is 0.0884. The first kappa shape index (κ1) is 38.1. The van der Waals surface area contributed by atoms with Crippen molar-refractivity contribution >= 4 is 28.7 Å². The molecule has 0 spiro atoms. The van der Waals surface area contributed by atoms with E-state index in [0.717, 1.165) is 87.6 Å². The SMILES string of the molecule is CNC(=O)CCC(C=O)Nc1ccc(C2CCN(CCC3CCN(Cc4c(F)cc(-c5cn(C)c(=O)c6ccccc56)cc4OC)CC3)CC2)c(F)c1. The second-order valence-corrected chi connectivity index (χ2v) is 14.6. The summed E-state index contributed by atoms with van der Waals surface area (Å²) in [6.45, 7) is 5.16. The van der Waals surface area contributed by atoms with Crippen LogP contribution in [0.25, 0.3) is 21.9 Å². The molecule has 0 bridgehead atoms. The van der Waals surface area contributed by atoms with Crippen molar-refractivity contribution in [3.63, 3.8) is 0 Å². The lowest BCUT2D eigenvalue weighted by atomic mass is 9.88. The first-order valence-electron chi connectivity index (χ1n) is 18.8. The van der Waals surface area contributed by atoms with E-state index in [0.29, 0.717) is 46.8 Å². The fourth-order valence-electron chi connectivity index (χ4n) is 7.99. The van der Waals surface area contributed by atoms with Crippen molar-refractivity contribution in [2.75, 3.05) is 52.2 Å². The molecule has 1 aromatic heterocycles. The number of aromatic nitrogens is 1. The third-order valence-electron chi connectivity index (χ3n) is 11.2.